The lowest BCUT2D eigenvalue weighted by molar-refractivity contribution is -0.127. The predicted molar refractivity (Wildman–Crippen MR) is 112 cm³/mol. The van der Waals surface area contributed by atoms with Crippen LogP contribution in [0, 0.1) is 0 Å². The van der Waals surface area contributed by atoms with Gasteiger partial charge >= 0.3 is 0 Å². The molecule has 0 N–H and O–H groups in total. The first-order chi connectivity index (χ1) is 13.0. The van der Waals surface area contributed by atoms with Crippen molar-refractivity contribution in [3.8, 4) is 0 Å². The highest BCUT2D eigenvalue weighted by Gasteiger charge is 2.16. The molecule has 0 saturated heterocycles. The summed E-state index contributed by atoms with van der Waals surface area (Å²) in [6.45, 7) is 0.465. The van der Waals surface area contributed by atoms with E-state index in [4.69, 9.17) is 23.2 Å². The molecular weight excluding hydrogens is 423 g/mol. The zero-order valence-corrected chi connectivity index (χ0v) is 17.4. The van der Waals surface area contributed by atoms with Gasteiger partial charge in [-0.05, 0) is 29.8 Å². The number of amides is 1. The Balaban J connectivity index is 1.45. The van der Waals surface area contributed by atoms with E-state index in [9.17, 15) is 4.79 Å². The fraction of sp³-hybridized carbons (Fsp3) is 0.167. The van der Waals surface area contributed by atoms with Gasteiger partial charge in [-0.15, -0.1) is 10.2 Å². The molecule has 0 saturated carbocycles. The number of hydrogen-bond acceptors (Lipinski definition) is 5. The van der Waals surface area contributed by atoms with Crippen molar-refractivity contribution >= 4 is 67.4 Å². The van der Waals surface area contributed by atoms with Gasteiger partial charge in [-0.1, -0.05) is 64.5 Å². The average Bonchev–Trinajstić information content (AvgIpc) is 3.22. The number of thiazole rings is 1. The van der Waals surface area contributed by atoms with Crippen LogP contribution in [0.25, 0.3) is 15.2 Å². The van der Waals surface area contributed by atoms with Gasteiger partial charge in [0.25, 0.3) is 0 Å². The largest absolute Gasteiger partial charge is 0.341 e. The summed E-state index contributed by atoms with van der Waals surface area (Å²) in [6, 6.07) is 13.5. The minimum absolute atomic E-state index is 0.00218. The summed E-state index contributed by atoms with van der Waals surface area (Å²) >= 11 is 14.9. The number of thioether (sulfide) groups is 1. The van der Waals surface area contributed by atoms with Gasteiger partial charge in [0.05, 0.1) is 26.0 Å². The van der Waals surface area contributed by atoms with Crippen molar-refractivity contribution in [1.29, 1.82) is 0 Å². The minimum Gasteiger partial charge on any atom is -0.341 e. The van der Waals surface area contributed by atoms with Crippen LogP contribution in [0.15, 0.2) is 47.6 Å². The van der Waals surface area contributed by atoms with Crippen molar-refractivity contribution in [2.24, 2.45) is 0 Å². The van der Waals surface area contributed by atoms with Crippen molar-refractivity contribution in [2.75, 3.05) is 12.8 Å². The Kier molecular flexibility index (Phi) is 5.27. The number of para-hydroxylation sites is 1. The minimum atomic E-state index is 0.00218. The van der Waals surface area contributed by atoms with E-state index in [0.29, 0.717) is 16.6 Å². The van der Waals surface area contributed by atoms with Gasteiger partial charge in [-0.3, -0.25) is 9.20 Å². The van der Waals surface area contributed by atoms with Crippen molar-refractivity contribution in [1.82, 2.24) is 19.5 Å². The van der Waals surface area contributed by atoms with Crippen LogP contribution in [-0.4, -0.2) is 38.2 Å². The van der Waals surface area contributed by atoms with E-state index >= 15 is 0 Å². The Morgan fingerprint density at radius 1 is 1.19 bits per heavy atom. The topological polar surface area (TPSA) is 50.5 Å². The lowest BCUT2D eigenvalue weighted by atomic mass is 10.2. The molecule has 0 spiro atoms. The molecule has 4 rings (SSSR count). The molecule has 0 aliphatic carbocycles. The fourth-order valence-electron chi connectivity index (χ4n) is 2.69. The van der Waals surface area contributed by atoms with Crippen molar-refractivity contribution in [3.63, 3.8) is 0 Å². The number of fused-ring (bicyclic) bond motifs is 3. The van der Waals surface area contributed by atoms with Crippen LogP contribution < -0.4 is 0 Å². The summed E-state index contributed by atoms with van der Waals surface area (Å²) in [5.74, 6) is 0.283. The number of aromatic nitrogens is 3. The van der Waals surface area contributed by atoms with Crippen LogP contribution in [0.4, 0.5) is 0 Å². The van der Waals surface area contributed by atoms with E-state index in [2.05, 4.69) is 16.3 Å². The van der Waals surface area contributed by atoms with Crippen molar-refractivity contribution in [2.45, 2.75) is 11.7 Å². The first-order valence-electron chi connectivity index (χ1n) is 8.06. The van der Waals surface area contributed by atoms with Crippen LogP contribution in [0.3, 0.4) is 0 Å². The van der Waals surface area contributed by atoms with E-state index in [1.807, 2.05) is 28.7 Å². The summed E-state index contributed by atoms with van der Waals surface area (Å²) in [6.07, 6.45) is 0. The van der Waals surface area contributed by atoms with Gasteiger partial charge in [-0.25, -0.2) is 0 Å². The van der Waals surface area contributed by atoms with Crippen LogP contribution in [0.1, 0.15) is 5.56 Å². The molecule has 9 heteroatoms. The molecular formula is C18H14Cl2N4OS2. The SMILES string of the molecule is CN(Cc1ccc(Cl)c(Cl)c1)C(=O)CSc1nnc2sc3ccccc3n12. The standard InChI is InChI=1S/C18H14Cl2N4OS2/c1-23(9-11-6-7-12(19)13(20)8-11)16(25)10-26-17-21-22-18-24(17)14-4-2-3-5-15(14)27-18/h2-8H,9-10H2,1H3. The molecule has 0 aliphatic rings. The third kappa shape index (κ3) is 3.78. The first kappa shape index (κ1) is 18.6. The van der Waals surface area contributed by atoms with Crippen LogP contribution in [-0.2, 0) is 11.3 Å². The zero-order chi connectivity index (χ0) is 19.0. The third-order valence-electron chi connectivity index (χ3n) is 4.07. The zero-order valence-electron chi connectivity index (χ0n) is 14.2. The molecule has 27 heavy (non-hydrogen) atoms. The maximum atomic E-state index is 12.5. The molecule has 5 nitrogen and oxygen atoms in total. The molecule has 0 bridgehead atoms. The molecule has 138 valence electrons. The first-order valence-corrected chi connectivity index (χ1v) is 10.6. The second-order valence-electron chi connectivity index (χ2n) is 5.96. The fourth-order valence-corrected chi connectivity index (χ4v) is 4.91. The summed E-state index contributed by atoms with van der Waals surface area (Å²) in [4.78, 5) is 15.0. The number of nitrogens with zero attached hydrogens (tertiary/aromatic N) is 4. The summed E-state index contributed by atoms with van der Waals surface area (Å²) < 4.78 is 3.14. The third-order valence-corrected chi connectivity index (χ3v) is 6.73. The quantitative estimate of drug-likeness (QED) is 0.413. The van der Waals surface area contributed by atoms with E-state index in [0.717, 1.165) is 25.9 Å². The van der Waals surface area contributed by atoms with E-state index in [-0.39, 0.29) is 11.7 Å². The highest BCUT2D eigenvalue weighted by molar-refractivity contribution is 7.99. The number of benzene rings is 2. The highest BCUT2D eigenvalue weighted by atomic mass is 35.5. The number of carbonyl (C=O) groups is 1. The average molecular weight is 437 g/mol. The molecule has 0 radical (unpaired) electrons. The lowest BCUT2D eigenvalue weighted by Crippen LogP contribution is -2.27. The van der Waals surface area contributed by atoms with Gasteiger partial charge in [0, 0.05) is 13.6 Å². The second kappa shape index (κ2) is 7.67. The molecule has 0 atom stereocenters. The monoisotopic (exact) mass is 436 g/mol. The Morgan fingerprint density at radius 3 is 2.81 bits per heavy atom. The van der Waals surface area contributed by atoms with Gasteiger partial charge in [-0.2, -0.15) is 0 Å². The molecule has 2 aromatic heterocycles. The van der Waals surface area contributed by atoms with E-state index < -0.39 is 0 Å². The van der Waals surface area contributed by atoms with Crippen LogP contribution in [0.5, 0.6) is 0 Å². The molecule has 1 amide bonds. The normalized spacial score (nSPS) is 11.4. The molecule has 0 unspecified atom stereocenters. The van der Waals surface area contributed by atoms with Crippen LogP contribution in [0.2, 0.25) is 10.0 Å². The number of rotatable bonds is 5. The number of hydrogen-bond donors (Lipinski definition) is 0. The van der Waals surface area contributed by atoms with Crippen molar-refractivity contribution in [3.05, 3.63) is 58.1 Å². The Hall–Kier alpha value is -1.80. The van der Waals surface area contributed by atoms with E-state index in [1.165, 1.54) is 11.8 Å². The van der Waals surface area contributed by atoms with Gasteiger partial charge in [0.1, 0.15) is 0 Å². The van der Waals surface area contributed by atoms with Crippen molar-refractivity contribution < 1.29 is 4.79 Å². The van der Waals surface area contributed by atoms with E-state index in [1.54, 1.807) is 35.4 Å². The smallest absolute Gasteiger partial charge is 0.233 e. The maximum Gasteiger partial charge on any atom is 0.233 e. The maximum absolute atomic E-state index is 12.5. The van der Waals surface area contributed by atoms with Crippen LogP contribution >= 0.6 is 46.3 Å². The highest BCUT2D eigenvalue weighted by Crippen LogP contribution is 2.29. The second-order valence-corrected chi connectivity index (χ2v) is 8.72. The Labute approximate surface area is 173 Å². The summed E-state index contributed by atoms with van der Waals surface area (Å²) in [7, 11) is 1.77. The molecule has 2 aromatic carbocycles. The Bertz CT molecular complexity index is 1140. The molecule has 0 fully saturated rings. The summed E-state index contributed by atoms with van der Waals surface area (Å²) in [5, 5.41) is 10.2. The molecule has 0 aliphatic heterocycles. The van der Waals surface area contributed by atoms with Gasteiger partial charge in [0.2, 0.25) is 10.9 Å². The number of carbonyl (C=O) groups excluding carboxylic acids is 1. The van der Waals surface area contributed by atoms with Gasteiger partial charge < -0.3 is 4.90 Å². The Morgan fingerprint density at radius 2 is 2.00 bits per heavy atom. The summed E-state index contributed by atoms with van der Waals surface area (Å²) in [5.41, 5.74) is 1.99. The number of halogens is 2. The molecule has 4 aromatic rings. The molecule has 2 heterocycles. The lowest BCUT2D eigenvalue weighted by Gasteiger charge is -2.17. The predicted octanol–water partition coefficient (Wildman–Crippen LogP) is 5.00. The van der Waals surface area contributed by atoms with Gasteiger partial charge in [0.15, 0.2) is 5.16 Å².